The minimum absolute atomic E-state index is 0.0308. The Bertz CT molecular complexity index is 1280. The van der Waals surface area contributed by atoms with Crippen LogP contribution >= 0.6 is 11.6 Å². The van der Waals surface area contributed by atoms with Gasteiger partial charge >= 0.3 is 5.97 Å². The lowest BCUT2D eigenvalue weighted by atomic mass is 10.1. The molecule has 4 N–H and O–H groups in total. The fraction of sp³-hybridized carbons (Fsp3) is 0.136. The van der Waals surface area contributed by atoms with E-state index >= 15 is 0 Å². The van der Waals surface area contributed by atoms with Crippen LogP contribution in [0.5, 0.6) is 0 Å². The van der Waals surface area contributed by atoms with Crippen LogP contribution in [0.2, 0.25) is 5.02 Å². The second-order valence-electron chi connectivity index (χ2n) is 7.01. The normalized spacial score (nSPS) is 10.4. The molecule has 0 bridgehead atoms. The second kappa shape index (κ2) is 11.2. The van der Waals surface area contributed by atoms with E-state index in [1.54, 1.807) is 12.1 Å². The van der Waals surface area contributed by atoms with E-state index in [0.717, 1.165) is 0 Å². The van der Waals surface area contributed by atoms with E-state index in [2.05, 4.69) is 30.9 Å². The Balaban J connectivity index is 1.54. The SMILES string of the molecule is COC(=O)CNC(=O)c1ccc(CNC(=O)c2cc(NC(=O)c3cc(F)c(F)cc3Cl)[nH]n2)cc1. The zero-order valence-electron chi connectivity index (χ0n) is 18.1. The third kappa shape index (κ3) is 6.60. The smallest absolute Gasteiger partial charge is 0.325 e. The van der Waals surface area contributed by atoms with Crippen LogP contribution in [-0.4, -0.2) is 47.5 Å². The summed E-state index contributed by atoms with van der Waals surface area (Å²) >= 11 is 5.78. The summed E-state index contributed by atoms with van der Waals surface area (Å²) in [6.45, 7) is -0.144. The van der Waals surface area contributed by atoms with Gasteiger partial charge in [0.2, 0.25) is 0 Å². The number of amides is 3. The number of rotatable bonds is 8. The lowest BCUT2D eigenvalue weighted by Gasteiger charge is -2.06. The molecule has 3 rings (SSSR count). The monoisotopic (exact) mass is 505 g/mol. The fourth-order valence-electron chi connectivity index (χ4n) is 2.76. The molecule has 35 heavy (non-hydrogen) atoms. The first-order valence-electron chi connectivity index (χ1n) is 9.91. The van der Waals surface area contributed by atoms with Gasteiger partial charge < -0.3 is 20.7 Å². The highest BCUT2D eigenvalue weighted by molar-refractivity contribution is 6.34. The van der Waals surface area contributed by atoms with Gasteiger partial charge in [-0.05, 0) is 29.8 Å². The first-order valence-corrected chi connectivity index (χ1v) is 10.3. The van der Waals surface area contributed by atoms with Gasteiger partial charge in [0, 0.05) is 18.2 Å². The number of carbonyl (C=O) groups is 4. The maximum absolute atomic E-state index is 13.4. The number of aromatic amines is 1. The zero-order valence-corrected chi connectivity index (χ0v) is 18.8. The molecule has 0 fully saturated rings. The summed E-state index contributed by atoms with van der Waals surface area (Å²) in [5.41, 5.74) is 0.654. The van der Waals surface area contributed by atoms with E-state index in [4.69, 9.17) is 11.6 Å². The Kier molecular flexibility index (Phi) is 8.10. The molecule has 3 amide bonds. The van der Waals surface area contributed by atoms with Gasteiger partial charge in [-0.15, -0.1) is 0 Å². The third-order valence-corrected chi connectivity index (χ3v) is 4.92. The number of halogens is 3. The standard InChI is InChI=1S/C22H18ClF2N5O5/c1-35-19(31)10-27-20(32)12-4-2-11(3-5-12)9-26-22(34)17-8-18(30-29-17)28-21(33)13-6-15(24)16(25)7-14(13)23/h2-8H,9-10H2,1H3,(H,26,34)(H,27,32)(H2,28,29,30,33). The van der Waals surface area contributed by atoms with Crippen molar-refractivity contribution >= 4 is 41.1 Å². The van der Waals surface area contributed by atoms with Crippen molar-refractivity contribution in [1.29, 1.82) is 0 Å². The molecule has 0 unspecified atom stereocenters. The number of hydrogen-bond donors (Lipinski definition) is 4. The number of esters is 1. The van der Waals surface area contributed by atoms with Crippen LogP contribution in [0, 0.1) is 11.6 Å². The molecule has 0 aliphatic heterocycles. The second-order valence-corrected chi connectivity index (χ2v) is 7.41. The molecule has 0 aliphatic rings. The van der Waals surface area contributed by atoms with Crippen molar-refractivity contribution in [3.05, 3.63) is 81.5 Å². The van der Waals surface area contributed by atoms with Gasteiger partial charge in [0.15, 0.2) is 17.3 Å². The van der Waals surface area contributed by atoms with Gasteiger partial charge in [-0.25, -0.2) is 8.78 Å². The number of methoxy groups -OCH3 is 1. The maximum Gasteiger partial charge on any atom is 0.325 e. The van der Waals surface area contributed by atoms with E-state index in [1.807, 2.05) is 0 Å². The number of carbonyl (C=O) groups excluding carboxylic acids is 4. The van der Waals surface area contributed by atoms with Crippen LogP contribution in [-0.2, 0) is 16.1 Å². The minimum Gasteiger partial charge on any atom is -0.468 e. The molecule has 2 aromatic carbocycles. The predicted octanol–water partition coefficient (Wildman–Crippen LogP) is 2.43. The molecule has 0 saturated carbocycles. The van der Waals surface area contributed by atoms with Crippen LogP contribution in [0.25, 0.3) is 0 Å². The van der Waals surface area contributed by atoms with Crippen LogP contribution in [0.4, 0.5) is 14.6 Å². The van der Waals surface area contributed by atoms with E-state index in [0.29, 0.717) is 23.3 Å². The lowest BCUT2D eigenvalue weighted by molar-refractivity contribution is -0.139. The number of nitrogens with zero attached hydrogens (tertiary/aromatic N) is 1. The van der Waals surface area contributed by atoms with Gasteiger partial charge in [0.25, 0.3) is 17.7 Å². The Morgan fingerprint density at radius 2 is 1.66 bits per heavy atom. The fourth-order valence-corrected chi connectivity index (χ4v) is 3.00. The highest BCUT2D eigenvalue weighted by atomic mass is 35.5. The Labute approximate surface area is 202 Å². The van der Waals surface area contributed by atoms with E-state index < -0.39 is 35.3 Å². The van der Waals surface area contributed by atoms with Crippen molar-refractivity contribution in [2.75, 3.05) is 19.0 Å². The topological polar surface area (TPSA) is 142 Å². The molecule has 0 saturated heterocycles. The Morgan fingerprint density at radius 3 is 2.34 bits per heavy atom. The molecular formula is C22H18ClF2N5O5. The van der Waals surface area contributed by atoms with Crippen LogP contribution in [0.1, 0.15) is 36.8 Å². The molecule has 0 aliphatic carbocycles. The number of aromatic nitrogens is 2. The quantitative estimate of drug-likeness (QED) is 0.273. The first-order chi connectivity index (χ1) is 16.7. The van der Waals surface area contributed by atoms with E-state index in [9.17, 15) is 28.0 Å². The molecule has 182 valence electrons. The molecule has 3 aromatic rings. The summed E-state index contributed by atoms with van der Waals surface area (Å²) in [5, 5.41) is 13.3. The van der Waals surface area contributed by atoms with Gasteiger partial charge in [0.1, 0.15) is 12.4 Å². The van der Waals surface area contributed by atoms with Crippen molar-refractivity contribution < 1.29 is 32.7 Å². The molecule has 1 aromatic heterocycles. The summed E-state index contributed by atoms with van der Waals surface area (Å²) in [4.78, 5) is 47.7. The van der Waals surface area contributed by atoms with Crippen LogP contribution in [0.15, 0.2) is 42.5 Å². The average Bonchev–Trinajstić information content (AvgIpc) is 3.31. The van der Waals surface area contributed by atoms with Gasteiger partial charge in [-0.2, -0.15) is 5.10 Å². The van der Waals surface area contributed by atoms with Crippen molar-refractivity contribution in [3.8, 4) is 0 Å². The molecule has 13 heteroatoms. The molecule has 1 heterocycles. The number of ether oxygens (including phenoxy) is 1. The number of benzene rings is 2. The molecule has 10 nitrogen and oxygen atoms in total. The Morgan fingerprint density at radius 1 is 0.971 bits per heavy atom. The van der Waals surface area contributed by atoms with Gasteiger partial charge in [-0.1, -0.05) is 23.7 Å². The average molecular weight is 506 g/mol. The van der Waals surface area contributed by atoms with E-state index in [-0.39, 0.29) is 35.2 Å². The van der Waals surface area contributed by atoms with Crippen molar-refractivity contribution in [2.24, 2.45) is 0 Å². The maximum atomic E-state index is 13.4. The summed E-state index contributed by atoms with van der Waals surface area (Å²) in [7, 11) is 1.21. The summed E-state index contributed by atoms with van der Waals surface area (Å²) in [6, 6.07) is 8.88. The highest BCUT2D eigenvalue weighted by Crippen LogP contribution is 2.21. The summed E-state index contributed by atoms with van der Waals surface area (Å²) < 4.78 is 31.0. The van der Waals surface area contributed by atoms with Gasteiger partial charge in [0.05, 0.1) is 17.7 Å². The highest BCUT2D eigenvalue weighted by Gasteiger charge is 2.17. The Hall–Kier alpha value is -4.32. The van der Waals surface area contributed by atoms with Crippen LogP contribution < -0.4 is 16.0 Å². The zero-order chi connectivity index (χ0) is 25.5. The van der Waals surface area contributed by atoms with Crippen molar-refractivity contribution in [1.82, 2.24) is 20.8 Å². The largest absolute Gasteiger partial charge is 0.468 e. The van der Waals surface area contributed by atoms with Crippen LogP contribution in [0.3, 0.4) is 0 Å². The predicted molar refractivity (Wildman–Crippen MR) is 120 cm³/mol. The number of H-pyrrole nitrogens is 1. The molecule has 0 atom stereocenters. The minimum atomic E-state index is -1.24. The summed E-state index contributed by atoms with van der Waals surface area (Å²) in [5.74, 6) is -4.83. The lowest BCUT2D eigenvalue weighted by Crippen LogP contribution is -2.30. The van der Waals surface area contributed by atoms with Crippen molar-refractivity contribution in [3.63, 3.8) is 0 Å². The third-order valence-electron chi connectivity index (χ3n) is 4.60. The number of hydrogen-bond acceptors (Lipinski definition) is 6. The first kappa shape index (κ1) is 25.3. The summed E-state index contributed by atoms with van der Waals surface area (Å²) in [6.07, 6.45) is 0. The van der Waals surface area contributed by atoms with Crippen molar-refractivity contribution in [2.45, 2.75) is 6.54 Å². The van der Waals surface area contributed by atoms with Gasteiger partial charge in [-0.3, -0.25) is 24.3 Å². The molecular weight excluding hydrogens is 488 g/mol. The number of nitrogens with one attached hydrogen (secondary N) is 4. The molecule has 0 radical (unpaired) electrons. The molecule has 0 spiro atoms. The number of anilines is 1. The van der Waals surface area contributed by atoms with E-state index in [1.165, 1.54) is 25.3 Å².